The highest BCUT2D eigenvalue weighted by Crippen LogP contribution is 2.41. The van der Waals surface area contributed by atoms with Crippen molar-refractivity contribution in [1.29, 1.82) is 0 Å². The van der Waals surface area contributed by atoms with Gasteiger partial charge < -0.3 is 28.6 Å². The molecule has 1 amide bonds. The number of benzene rings is 2. The highest BCUT2D eigenvalue weighted by atomic mass is 16.5. The molecule has 36 heavy (non-hydrogen) atoms. The van der Waals surface area contributed by atoms with Gasteiger partial charge in [0.05, 0.1) is 25.3 Å². The number of carbonyl (C=O) groups is 2. The first-order chi connectivity index (χ1) is 17.5. The van der Waals surface area contributed by atoms with E-state index in [1.54, 1.807) is 31.4 Å². The second-order valence-electron chi connectivity index (χ2n) is 8.60. The third-order valence-electron chi connectivity index (χ3n) is 6.19. The van der Waals surface area contributed by atoms with Gasteiger partial charge in [-0.25, -0.2) is 0 Å². The lowest BCUT2D eigenvalue weighted by atomic mass is 9.94. The number of hydrogen-bond donors (Lipinski definition) is 1. The normalized spacial score (nSPS) is 15.7. The molecule has 0 bridgehead atoms. The lowest BCUT2D eigenvalue weighted by molar-refractivity contribution is -0.129. The minimum absolute atomic E-state index is 0.0166. The number of rotatable bonds is 12. The lowest BCUT2D eigenvalue weighted by Gasteiger charge is -2.27. The van der Waals surface area contributed by atoms with Gasteiger partial charge in [0, 0.05) is 25.6 Å². The zero-order valence-electron chi connectivity index (χ0n) is 20.8. The number of amides is 1. The maximum absolute atomic E-state index is 13.7. The molecule has 1 N–H and O–H groups in total. The van der Waals surface area contributed by atoms with Crippen LogP contribution in [0.15, 0.2) is 64.3 Å². The van der Waals surface area contributed by atoms with Gasteiger partial charge in [0.1, 0.15) is 5.75 Å². The van der Waals surface area contributed by atoms with Crippen molar-refractivity contribution in [3.63, 3.8) is 0 Å². The molecule has 3 aromatic rings. The first-order valence-electron chi connectivity index (χ1n) is 12.1. The Morgan fingerprint density at radius 2 is 1.89 bits per heavy atom. The van der Waals surface area contributed by atoms with Gasteiger partial charge in [-0.15, -0.1) is 0 Å². The zero-order chi connectivity index (χ0) is 25.7. The lowest BCUT2D eigenvalue weighted by Crippen LogP contribution is -2.32. The highest BCUT2D eigenvalue weighted by molar-refractivity contribution is 6.16. The molecule has 190 valence electrons. The Kier molecular flexibility index (Phi) is 7.95. The first kappa shape index (κ1) is 25.3. The molecule has 1 atom stereocenters. The Hall–Kier alpha value is -3.78. The number of carbonyl (C=O) groups excluding carboxylic acids is 2. The van der Waals surface area contributed by atoms with E-state index in [9.17, 15) is 14.7 Å². The largest absolute Gasteiger partial charge is 0.503 e. The number of nitrogens with zero attached hydrogens (tertiary/aromatic N) is 1. The number of aliphatic hydroxyl groups excluding tert-OH is 1. The molecule has 1 aromatic heterocycles. The van der Waals surface area contributed by atoms with Crippen LogP contribution in [0.5, 0.6) is 11.5 Å². The summed E-state index contributed by atoms with van der Waals surface area (Å²) in [6.07, 6.45) is 2.46. The molecule has 0 saturated carbocycles. The summed E-state index contributed by atoms with van der Waals surface area (Å²) in [5.74, 6) is -0.602. The van der Waals surface area contributed by atoms with Gasteiger partial charge in [0.25, 0.3) is 5.91 Å². The molecule has 4 rings (SSSR count). The number of fused-ring (bicyclic) bond motifs is 1. The van der Waals surface area contributed by atoms with Crippen LogP contribution in [0.4, 0.5) is 0 Å². The third kappa shape index (κ3) is 4.95. The fourth-order valence-corrected chi connectivity index (χ4v) is 4.39. The van der Waals surface area contributed by atoms with Crippen LogP contribution in [-0.2, 0) is 9.53 Å². The molecular weight excluding hydrogens is 462 g/mol. The number of methoxy groups -OCH3 is 2. The van der Waals surface area contributed by atoms with Crippen molar-refractivity contribution in [2.24, 2.45) is 0 Å². The first-order valence-corrected chi connectivity index (χ1v) is 12.1. The second kappa shape index (κ2) is 11.3. The monoisotopic (exact) mass is 493 g/mol. The summed E-state index contributed by atoms with van der Waals surface area (Å²) in [5.41, 5.74) is 1.06. The number of furan rings is 1. The molecule has 1 aliphatic heterocycles. The molecule has 0 saturated heterocycles. The molecule has 8 heteroatoms. The Morgan fingerprint density at radius 1 is 1.08 bits per heavy atom. The Bertz CT molecular complexity index is 1280. The third-order valence-corrected chi connectivity index (χ3v) is 6.19. The number of unbranched alkanes of at least 4 members (excludes halogenated alkanes) is 1. The van der Waals surface area contributed by atoms with E-state index in [2.05, 4.69) is 6.92 Å². The quantitative estimate of drug-likeness (QED) is 0.272. The van der Waals surface area contributed by atoms with Crippen molar-refractivity contribution in [2.45, 2.75) is 32.2 Å². The van der Waals surface area contributed by atoms with Crippen molar-refractivity contribution in [3.8, 4) is 11.5 Å². The number of hydrogen-bond acceptors (Lipinski definition) is 7. The van der Waals surface area contributed by atoms with Crippen LogP contribution in [0.3, 0.4) is 0 Å². The van der Waals surface area contributed by atoms with E-state index in [-0.39, 0.29) is 11.3 Å². The van der Waals surface area contributed by atoms with Crippen LogP contribution >= 0.6 is 0 Å². The fourth-order valence-electron chi connectivity index (χ4n) is 4.39. The summed E-state index contributed by atoms with van der Waals surface area (Å²) in [4.78, 5) is 28.4. The summed E-state index contributed by atoms with van der Waals surface area (Å²) in [6, 6.07) is 13.4. The van der Waals surface area contributed by atoms with Crippen molar-refractivity contribution < 1.29 is 33.3 Å². The van der Waals surface area contributed by atoms with Crippen molar-refractivity contribution in [3.05, 3.63) is 71.2 Å². The summed E-state index contributed by atoms with van der Waals surface area (Å²) in [7, 11) is 3.10. The van der Waals surface area contributed by atoms with Gasteiger partial charge in [0.2, 0.25) is 5.78 Å². The van der Waals surface area contributed by atoms with E-state index in [0.29, 0.717) is 54.2 Å². The van der Waals surface area contributed by atoms with Crippen LogP contribution in [0.25, 0.3) is 11.0 Å². The van der Waals surface area contributed by atoms with Gasteiger partial charge in [-0.05, 0) is 42.7 Å². The molecule has 0 spiro atoms. The van der Waals surface area contributed by atoms with Gasteiger partial charge in [-0.1, -0.05) is 37.6 Å². The number of ether oxygens (including phenoxy) is 3. The molecule has 2 heterocycles. The minimum Gasteiger partial charge on any atom is -0.503 e. The standard InChI is InChI=1S/C28H31NO7/c1-4-5-15-35-20-11-6-9-18(16-20)24-23(26(31)28(32)29(24)13-8-14-33-2)25(30)22-17-19-10-7-12-21(34-3)27(19)36-22/h6-7,9-12,16-17,24,31H,4-5,8,13-15H2,1-3H3. The molecule has 2 aromatic carbocycles. The number of aliphatic hydroxyl groups is 1. The summed E-state index contributed by atoms with van der Waals surface area (Å²) in [5, 5.41) is 11.6. The summed E-state index contributed by atoms with van der Waals surface area (Å²) in [6.45, 7) is 3.38. The van der Waals surface area contributed by atoms with E-state index in [4.69, 9.17) is 18.6 Å². The molecule has 1 unspecified atom stereocenters. The molecular formula is C28H31NO7. The van der Waals surface area contributed by atoms with Crippen molar-refractivity contribution >= 4 is 22.7 Å². The van der Waals surface area contributed by atoms with E-state index >= 15 is 0 Å². The van der Waals surface area contributed by atoms with Crippen LogP contribution in [0.1, 0.15) is 48.3 Å². The van der Waals surface area contributed by atoms with E-state index in [0.717, 1.165) is 12.8 Å². The van der Waals surface area contributed by atoms with Crippen LogP contribution in [-0.4, -0.2) is 55.7 Å². The summed E-state index contributed by atoms with van der Waals surface area (Å²) < 4.78 is 22.2. The molecule has 8 nitrogen and oxygen atoms in total. The maximum atomic E-state index is 13.7. The van der Waals surface area contributed by atoms with E-state index in [1.165, 1.54) is 12.0 Å². The van der Waals surface area contributed by atoms with Crippen LogP contribution in [0, 0.1) is 0 Å². The zero-order valence-corrected chi connectivity index (χ0v) is 20.8. The van der Waals surface area contributed by atoms with Gasteiger partial charge in [0.15, 0.2) is 22.9 Å². The average Bonchev–Trinajstić information content (AvgIpc) is 3.44. The Balaban J connectivity index is 1.74. The van der Waals surface area contributed by atoms with Gasteiger partial charge >= 0.3 is 0 Å². The topological polar surface area (TPSA) is 98.4 Å². The number of para-hydroxylation sites is 1. The number of Topliss-reactive ketones (excluding diaryl/α,β-unsaturated/α-hetero) is 1. The van der Waals surface area contributed by atoms with E-state index in [1.807, 2.05) is 24.3 Å². The predicted octanol–water partition coefficient (Wildman–Crippen LogP) is 5.24. The molecule has 0 radical (unpaired) electrons. The van der Waals surface area contributed by atoms with Crippen molar-refractivity contribution in [1.82, 2.24) is 4.90 Å². The number of ketones is 1. The summed E-state index contributed by atoms with van der Waals surface area (Å²) >= 11 is 0. The smallest absolute Gasteiger partial charge is 0.290 e. The predicted molar refractivity (Wildman–Crippen MR) is 135 cm³/mol. The van der Waals surface area contributed by atoms with E-state index < -0.39 is 23.5 Å². The second-order valence-corrected chi connectivity index (χ2v) is 8.60. The molecule has 0 aliphatic carbocycles. The highest BCUT2D eigenvalue weighted by Gasteiger charge is 2.44. The minimum atomic E-state index is -0.799. The van der Waals surface area contributed by atoms with Crippen LogP contribution < -0.4 is 9.47 Å². The average molecular weight is 494 g/mol. The molecule has 1 aliphatic rings. The fraction of sp³-hybridized carbons (Fsp3) is 0.357. The SMILES string of the molecule is CCCCOc1cccc(C2C(C(=O)c3cc4cccc(OC)c4o3)=C(O)C(=O)N2CCCOC)c1. The van der Waals surface area contributed by atoms with Gasteiger partial charge in [-0.3, -0.25) is 9.59 Å². The van der Waals surface area contributed by atoms with Gasteiger partial charge in [-0.2, -0.15) is 0 Å². The molecule has 0 fully saturated rings. The Morgan fingerprint density at radius 3 is 2.64 bits per heavy atom. The van der Waals surface area contributed by atoms with Crippen LogP contribution in [0.2, 0.25) is 0 Å². The maximum Gasteiger partial charge on any atom is 0.290 e. The van der Waals surface area contributed by atoms with Crippen molar-refractivity contribution in [2.75, 3.05) is 34.0 Å². The Labute approximate surface area is 210 Å².